The highest BCUT2D eigenvalue weighted by molar-refractivity contribution is 5.86. The second kappa shape index (κ2) is 7.31. The Morgan fingerprint density at radius 3 is 2.70 bits per heavy atom. The zero-order valence-corrected chi connectivity index (χ0v) is 15.3. The van der Waals surface area contributed by atoms with Gasteiger partial charge in [-0.25, -0.2) is 4.79 Å². The molecule has 138 valence electrons. The Labute approximate surface area is 159 Å². The first-order valence-corrected chi connectivity index (χ1v) is 9.35. The van der Waals surface area contributed by atoms with E-state index in [1.807, 2.05) is 49.4 Å². The van der Waals surface area contributed by atoms with E-state index in [-0.39, 0.29) is 12.1 Å². The monoisotopic (exact) mass is 361 g/mol. The Hall–Kier alpha value is -3.01. The number of para-hydroxylation sites is 1. The molecule has 3 aromatic rings. The molecule has 1 unspecified atom stereocenters. The smallest absolute Gasteiger partial charge is 0.407 e. The molecule has 27 heavy (non-hydrogen) atoms. The summed E-state index contributed by atoms with van der Waals surface area (Å²) in [6, 6.07) is 21.9. The minimum atomic E-state index is -0.919. The van der Waals surface area contributed by atoms with E-state index in [0.29, 0.717) is 6.54 Å². The summed E-state index contributed by atoms with van der Waals surface area (Å²) in [6.07, 6.45) is 0.686. The highest BCUT2D eigenvalue weighted by Gasteiger charge is 2.28. The van der Waals surface area contributed by atoms with Crippen molar-refractivity contribution in [3.05, 3.63) is 77.9 Å². The van der Waals surface area contributed by atoms with Crippen LogP contribution in [0, 0.1) is 0 Å². The highest BCUT2D eigenvalue weighted by atomic mass is 16.5. The largest absolute Gasteiger partial charge is 0.488 e. The molecular formula is C23H23NO3. The van der Waals surface area contributed by atoms with E-state index in [2.05, 4.69) is 24.3 Å². The number of hydrogen-bond acceptors (Lipinski definition) is 2. The number of carboxylic acid groups (broad SMARTS) is 1. The van der Waals surface area contributed by atoms with Crippen LogP contribution in [0.15, 0.2) is 66.7 Å². The molecular weight excluding hydrogens is 338 g/mol. The van der Waals surface area contributed by atoms with Crippen LogP contribution >= 0.6 is 0 Å². The number of nitrogens with zero attached hydrogens (tertiary/aromatic N) is 1. The van der Waals surface area contributed by atoms with Gasteiger partial charge in [-0.15, -0.1) is 0 Å². The summed E-state index contributed by atoms with van der Waals surface area (Å²) >= 11 is 0. The molecule has 2 atom stereocenters. The number of amides is 1. The van der Waals surface area contributed by atoms with Gasteiger partial charge in [0.2, 0.25) is 0 Å². The summed E-state index contributed by atoms with van der Waals surface area (Å²) in [5.74, 6) is 0.872. The molecule has 0 radical (unpaired) electrons. The van der Waals surface area contributed by atoms with E-state index >= 15 is 0 Å². The summed E-state index contributed by atoms with van der Waals surface area (Å²) in [7, 11) is 0. The van der Waals surface area contributed by atoms with Gasteiger partial charge < -0.3 is 9.84 Å². The third-order valence-electron chi connectivity index (χ3n) is 5.39. The third kappa shape index (κ3) is 3.47. The van der Waals surface area contributed by atoms with Crippen LogP contribution in [-0.4, -0.2) is 28.7 Å². The second-order valence-electron chi connectivity index (χ2n) is 7.07. The number of hydrogen-bond donors (Lipinski definition) is 1. The van der Waals surface area contributed by atoms with Crippen molar-refractivity contribution in [1.29, 1.82) is 0 Å². The van der Waals surface area contributed by atoms with E-state index in [9.17, 15) is 9.90 Å². The Kier molecular flexibility index (Phi) is 4.71. The molecule has 0 bridgehead atoms. The SMILES string of the molecule is C[C@H](c1cccc2ccccc12)N(CC1CCc2ccccc2O1)C(=O)O. The summed E-state index contributed by atoms with van der Waals surface area (Å²) in [4.78, 5) is 13.5. The number of carbonyl (C=O) groups is 1. The maximum Gasteiger partial charge on any atom is 0.407 e. The van der Waals surface area contributed by atoms with Crippen LogP contribution in [-0.2, 0) is 6.42 Å². The van der Waals surface area contributed by atoms with Crippen molar-refractivity contribution in [2.75, 3.05) is 6.54 Å². The van der Waals surface area contributed by atoms with Crippen LogP contribution in [0.1, 0.15) is 30.5 Å². The fourth-order valence-electron chi connectivity index (χ4n) is 3.91. The van der Waals surface area contributed by atoms with Gasteiger partial charge in [-0.2, -0.15) is 0 Å². The molecule has 1 heterocycles. The van der Waals surface area contributed by atoms with Crippen LogP contribution < -0.4 is 4.74 Å². The molecule has 1 aliphatic rings. The van der Waals surface area contributed by atoms with Crippen molar-refractivity contribution in [2.45, 2.75) is 31.9 Å². The Bertz CT molecular complexity index is 963. The normalized spacial score (nSPS) is 17.0. The fourth-order valence-corrected chi connectivity index (χ4v) is 3.91. The molecule has 1 N–H and O–H groups in total. The molecule has 1 amide bonds. The van der Waals surface area contributed by atoms with E-state index < -0.39 is 6.09 Å². The van der Waals surface area contributed by atoms with Gasteiger partial charge >= 0.3 is 6.09 Å². The van der Waals surface area contributed by atoms with Crippen LogP contribution in [0.25, 0.3) is 10.8 Å². The molecule has 0 spiro atoms. The molecule has 4 nitrogen and oxygen atoms in total. The van der Waals surface area contributed by atoms with Gasteiger partial charge in [-0.05, 0) is 47.7 Å². The first-order valence-electron chi connectivity index (χ1n) is 9.35. The van der Waals surface area contributed by atoms with Gasteiger partial charge in [0.05, 0.1) is 12.6 Å². The Morgan fingerprint density at radius 1 is 1.11 bits per heavy atom. The highest BCUT2D eigenvalue weighted by Crippen LogP contribution is 2.31. The minimum Gasteiger partial charge on any atom is -0.488 e. The Morgan fingerprint density at radius 2 is 1.85 bits per heavy atom. The van der Waals surface area contributed by atoms with Crippen LogP contribution in [0.5, 0.6) is 5.75 Å². The predicted molar refractivity (Wildman–Crippen MR) is 106 cm³/mol. The Balaban J connectivity index is 1.59. The number of ether oxygens (including phenoxy) is 1. The lowest BCUT2D eigenvalue weighted by Gasteiger charge is -2.33. The van der Waals surface area contributed by atoms with Gasteiger partial charge in [0, 0.05) is 0 Å². The maximum atomic E-state index is 12.0. The van der Waals surface area contributed by atoms with Crippen LogP contribution in [0.4, 0.5) is 4.79 Å². The van der Waals surface area contributed by atoms with Crippen molar-refractivity contribution in [3.63, 3.8) is 0 Å². The first-order chi connectivity index (χ1) is 13.1. The standard InChI is InChI=1S/C23H23NO3/c1-16(20-11-6-9-17-7-2-4-10-21(17)20)24(23(25)26)15-19-14-13-18-8-3-5-12-22(18)27-19/h2-12,16,19H,13-15H2,1H3,(H,25,26)/t16-,19?/m1/s1. The molecule has 0 aromatic heterocycles. The van der Waals surface area contributed by atoms with Crippen molar-refractivity contribution < 1.29 is 14.6 Å². The molecule has 0 fully saturated rings. The molecule has 1 aliphatic heterocycles. The number of rotatable bonds is 4. The van der Waals surface area contributed by atoms with E-state index in [4.69, 9.17) is 4.74 Å². The molecule has 4 heteroatoms. The summed E-state index contributed by atoms with van der Waals surface area (Å²) in [5.41, 5.74) is 2.21. The average Bonchev–Trinajstić information content (AvgIpc) is 2.70. The van der Waals surface area contributed by atoms with Gasteiger partial charge in [0.15, 0.2) is 0 Å². The average molecular weight is 361 g/mol. The van der Waals surface area contributed by atoms with E-state index in [1.165, 1.54) is 10.5 Å². The number of fused-ring (bicyclic) bond motifs is 2. The fraction of sp³-hybridized carbons (Fsp3) is 0.261. The first kappa shape index (κ1) is 17.4. The number of benzene rings is 3. The van der Waals surface area contributed by atoms with Gasteiger partial charge in [-0.1, -0.05) is 60.7 Å². The molecule has 0 saturated heterocycles. The quantitative estimate of drug-likeness (QED) is 0.688. The van der Waals surface area contributed by atoms with Crippen molar-refractivity contribution >= 4 is 16.9 Å². The van der Waals surface area contributed by atoms with Crippen LogP contribution in [0.2, 0.25) is 0 Å². The minimum absolute atomic E-state index is 0.131. The molecule has 4 rings (SSSR count). The van der Waals surface area contributed by atoms with Crippen molar-refractivity contribution in [2.24, 2.45) is 0 Å². The van der Waals surface area contributed by atoms with E-state index in [1.54, 1.807) is 0 Å². The topological polar surface area (TPSA) is 49.8 Å². The van der Waals surface area contributed by atoms with Gasteiger partial charge in [-0.3, -0.25) is 4.90 Å². The third-order valence-corrected chi connectivity index (χ3v) is 5.39. The lowest BCUT2D eigenvalue weighted by atomic mass is 9.97. The second-order valence-corrected chi connectivity index (χ2v) is 7.07. The zero-order valence-electron chi connectivity index (χ0n) is 15.3. The number of aryl methyl sites for hydroxylation is 1. The summed E-state index contributed by atoms with van der Waals surface area (Å²) < 4.78 is 6.08. The van der Waals surface area contributed by atoms with Crippen molar-refractivity contribution in [1.82, 2.24) is 4.90 Å². The molecule has 0 aliphatic carbocycles. The van der Waals surface area contributed by atoms with Crippen LogP contribution in [0.3, 0.4) is 0 Å². The maximum absolute atomic E-state index is 12.0. The van der Waals surface area contributed by atoms with Crippen molar-refractivity contribution in [3.8, 4) is 5.75 Å². The lowest BCUT2D eigenvalue weighted by Crippen LogP contribution is -2.41. The summed E-state index contributed by atoms with van der Waals surface area (Å²) in [6.45, 7) is 2.31. The predicted octanol–water partition coefficient (Wildman–Crippen LogP) is 5.27. The lowest BCUT2D eigenvalue weighted by molar-refractivity contribution is 0.0819. The van der Waals surface area contributed by atoms with Gasteiger partial charge in [0.1, 0.15) is 11.9 Å². The molecule has 3 aromatic carbocycles. The van der Waals surface area contributed by atoms with E-state index in [0.717, 1.165) is 34.9 Å². The van der Waals surface area contributed by atoms with Gasteiger partial charge in [0.25, 0.3) is 0 Å². The molecule has 0 saturated carbocycles. The zero-order chi connectivity index (χ0) is 18.8. The summed E-state index contributed by atoms with van der Waals surface area (Å²) in [5, 5.41) is 12.1.